The van der Waals surface area contributed by atoms with Gasteiger partial charge in [-0.1, -0.05) is 30.3 Å². The largest absolute Gasteiger partial charge is 0.477 e. The predicted molar refractivity (Wildman–Crippen MR) is 80.2 cm³/mol. The number of hydrogen-bond donors (Lipinski definition) is 2. The zero-order valence-corrected chi connectivity index (χ0v) is 11.6. The Kier molecular flexibility index (Phi) is 3.19. The number of nitrogens with two attached hydrogens (primary N) is 1. The third-order valence-corrected chi connectivity index (χ3v) is 4.17. The van der Waals surface area contributed by atoms with Gasteiger partial charge < -0.3 is 10.9 Å². The summed E-state index contributed by atoms with van der Waals surface area (Å²) in [5.74, 6) is 5.10. The number of thiophene rings is 1. The first-order valence-electron chi connectivity index (χ1n) is 6.14. The highest BCUT2D eigenvalue weighted by Crippen LogP contribution is 2.21. The van der Waals surface area contributed by atoms with Crippen molar-refractivity contribution in [2.45, 2.75) is 6.42 Å². The second-order valence-corrected chi connectivity index (χ2v) is 5.55. The van der Waals surface area contributed by atoms with Gasteiger partial charge in [-0.25, -0.2) is 14.5 Å². The molecule has 0 aliphatic carbocycles. The highest BCUT2D eigenvalue weighted by molar-refractivity contribution is 7.20. The molecule has 0 radical (unpaired) electrons. The molecule has 0 fully saturated rings. The van der Waals surface area contributed by atoms with Gasteiger partial charge in [0.2, 0.25) is 0 Å². The van der Waals surface area contributed by atoms with E-state index >= 15 is 0 Å². The third-order valence-electron chi connectivity index (χ3n) is 3.07. The number of nitrogen functional groups attached to an aromatic ring is 1. The van der Waals surface area contributed by atoms with Gasteiger partial charge in [-0.2, -0.15) is 0 Å². The van der Waals surface area contributed by atoms with Crippen LogP contribution in [-0.2, 0) is 6.42 Å². The fourth-order valence-corrected chi connectivity index (χ4v) is 2.92. The molecule has 2 heterocycles. The van der Waals surface area contributed by atoms with Crippen molar-refractivity contribution in [2.24, 2.45) is 0 Å². The van der Waals surface area contributed by atoms with E-state index in [9.17, 15) is 9.59 Å². The Morgan fingerprint density at radius 2 is 2.05 bits per heavy atom. The quantitative estimate of drug-likeness (QED) is 0.714. The molecule has 0 bridgehead atoms. The van der Waals surface area contributed by atoms with Crippen LogP contribution in [0.5, 0.6) is 0 Å². The maximum Gasteiger partial charge on any atom is 0.345 e. The molecule has 3 aromatic rings. The fraction of sp³-hybridized carbons (Fsp3) is 0.0714. The van der Waals surface area contributed by atoms with E-state index in [1.807, 2.05) is 30.3 Å². The Morgan fingerprint density at radius 1 is 1.33 bits per heavy atom. The second-order valence-electron chi connectivity index (χ2n) is 4.50. The van der Waals surface area contributed by atoms with Crippen molar-refractivity contribution < 1.29 is 9.90 Å². The molecule has 0 saturated carbocycles. The van der Waals surface area contributed by atoms with Crippen molar-refractivity contribution in [3.05, 3.63) is 63.0 Å². The van der Waals surface area contributed by atoms with E-state index in [0.717, 1.165) is 21.6 Å². The summed E-state index contributed by atoms with van der Waals surface area (Å²) in [5.41, 5.74) is 0.912. The van der Waals surface area contributed by atoms with Gasteiger partial charge in [0.05, 0.1) is 5.52 Å². The van der Waals surface area contributed by atoms with Crippen LogP contribution in [0.1, 0.15) is 21.1 Å². The van der Waals surface area contributed by atoms with Crippen molar-refractivity contribution in [3.8, 4) is 0 Å². The van der Waals surface area contributed by atoms with E-state index in [0.29, 0.717) is 17.8 Å². The van der Waals surface area contributed by atoms with Gasteiger partial charge in [-0.05, 0) is 11.6 Å². The van der Waals surface area contributed by atoms with Crippen LogP contribution in [0.25, 0.3) is 10.2 Å². The number of fused-ring (bicyclic) bond motifs is 1. The highest BCUT2D eigenvalue weighted by Gasteiger charge is 2.15. The summed E-state index contributed by atoms with van der Waals surface area (Å²) in [6, 6.07) is 10.9. The van der Waals surface area contributed by atoms with E-state index in [1.54, 1.807) is 0 Å². The van der Waals surface area contributed by atoms with E-state index in [1.165, 1.54) is 6.07 Å². The number of rotatable bonds is 3. The Hall–Kier alpha value is -2.67. The van der Waals surface area contributed by atoms with Crippen molar-refractivity contribution in [1.82, 2.24) is 9.66 Å². The molecule has 0 saturated heterocycles. The number of hydrogen-bond acceptors (Lipinski definition) is 5. The minimum atomic E-state index is -1.08. The summed E-state index contributed by atoms with van der Waals surface area (Å²) in [6.45, 7) is 0. The van der Waals surface area contributed by atoms with Gasteiger partial charge in [0.1, 0.15) is 15.4 Å². The van der Waals surface area contributed by atoms with Crippen LogP contribution in [0, 0.1) is 0 Å². The third kappa shape index (κ3) is 2.38. The van der Waals surface area contributed by atoms with Crippen LogP contribution in [0.2, 0.25) is 0 Å². The first-order valence-corrected chi connectivity index (χ1v) is 6.95. The maximum absolute atomic E-state index is 12.2. The van der Waals surface area contributed by atoms with Crippen LogP contribution < -0.4 is 11.4 Å². The molecule has 0 spiro atoms. The first kappa shape index (κ1) is 13.3. The molecule has 0 unspecified atom stereocenters. The van der Waals surface area contributed by atoms with Gasteiger partial charge in [0, 0.05) is 6.42 Å². The number of nitrogens with zero attached hydrogens (tertiary/aromatic N) is 2. The van der Waals surface area contributed by atoms with Crippen molar-refractivity contribution in [2.75, 3.05) is 5.84 Å². The van der Waals surface area contributed by atoms with Crippen molar-refractivity contribution in [1.29, 1.82) is 0 Å². The molecule has 0 aliphatic heterocycles. The number of carboxylic acid groups (broad SMARTS) is 1. The number of aromatic carboxylic acids is 1. The summed E-state index contributed by atoms with van der Waals surface area (Å²) in [7, 11) is 0. The smallest absolute Gasteiger partial charge is 0.345 e. The molecule has 1 aromatic carbocycles. The number of carbonyl (C=O) groups is 1. The molecule has 0 amide bonds. The summed E-state index contributed by atoms with van der Waals surface area (Å²) < 4.78 is 1.24. The second kappa shape index (κ2) is 5.02. The summed E-state index contributed by atoms with van der Waals surface area (Å²) in [6.07, 6.45) is 0.404. The number of benzene rings is 1. The van der Waals surface area contributed by atoms with E-state index < -0.39 is 11.5 Å². The average molecular weight is 301 g/mol. The maximum atomic E-state index is 12.2. The standard InChI is InChI=1S/C14H11N3O3S/c15-17-11(6-8-4-2-1-3-5-8)16-9-7-10(14(19)20)21-12(9)13(17)18/h1-5,7H,6,15H2,(H,19,20). The van der Waals surface area contributed by atoms with Gasteiger partial charge in [0.25, 0.3) is 5.56 Å². The van der Waals surface area contributed by atoms with Gasteiger partial charge in [-0.15, -0.1) is 11.3 Å². The van der Waals surface area contributed by atoms with E-state index in [-0.39, 0.29) is 9.58 Å². The fourth-order valence-electron chi connectivity index (χ4n) is 2.05. The Labute approximate surface area is 123 Å². The van der Waals surface area contributed by atoms with Gasteiger partial charge in [-0.3, -0.25) is 4.79 Å². The number of carboxylic acids is 1. The summed E-state index contributed by atoms with van der Waals surface area (Å²) >= 11 is 0.886. The average Bonchev–Trinajstić information content (AvgIpc) is 2.90. The minimum Gasteiger partial charge on any atom is -0.477 e. The molecule has 21 heavy (non-hydrogen) atoms. The molecule has 0 aliphatic rings. The summed E-state index contributed by atoms with van der Waals surface area (Å²) in [5, 5.41) is 8.99. The first-order chi connectivity index (χ1) is 10.1. The lowest BCUT2D eigenvalue weighted by Gasteiger charge is -2.06. The molecular weight excluding hydrogens is 290 g/mol. The Bertz CT molecular complexity index is 884. The van der Waals surface area contributed by atoms with Crippen LogP contribution in [0.3, 0.4) is 0 Å². The van der Waals surface area contributed by atoms with Crippen LogP contribution >= 0.6 is 11.3 Å². The van der Waals surface area contributed by atoms with Gasteiger partial charge in [0.15, 0.2) is 0 Å². The molecule has 2 aromatic heterocycles. The lowest BCUT2D eigenvalue weighted by Crippen LogP contribution is -2.31. The van der Waals surface area contributed by atoms with Crippen molar-refractivity contribution in [3.63, 3.8) is 0 Å². The lowest BCUT2D eigenvalue weighted by atomic mass is 10.1. The molecule has 3 rings (SSSR count). The van der Waals surface area contributed by atoms with Gasteiger partial charge >= 0.3 is 5.97 Å². The Balaban J connectivity index is 2.13. The number of aromatic nitrogens is 2. The zero-order valence-electron chi connectivity index (χ0n) is 10.8. The molecular formula is C14H11N3O3S. The summed E-state index contributed by atoms with van der Waals surface area (Å²) in [4.78, 5) is 27.6. The predicted octanol–water partition coefficient (Wildman–Crippen LogP) is 1.46. The molecule has 6 nitrogen and oxygen atoms in total. The minimum absolute atomic E-state index is 0.0754. The van der Waals surface area contributed by atoms with Crippen molar-refractivity contribution >= 4 is 27.5 Å². The zero-order chi connectivity index (χ0) is 15.0. The molecule has 7 heteroatoms. The Morgan fingerprint density at radius 3 is 2.71 bits per heavy atom. The topological polar surface area (TPSA) is 98.2 Å². The van der Waals surface area contributed by atoms with Crippen LogP contribution in [-0.4, -0.2) is 20.7 Å². The van der Waals surface area contributed by atoms with E-state index in [4.69, 9.17) is 10.9 Å². The highest BCUT2D eigenvalue weighted by atomic mass is 32.1. The van der Waals surface area contributed by atoms with E-state index in [2.05, 4.69) is 4.98 Å². The molecule has 106 valence electrons. The molecule has 0 atom stereocenters. The molecule has 3 N–H and O–H groups in total. The normalized spacial score (nSPS) is 10.9. The lowest BCUT2D eigenvalue weighted by molar-refractivity contribution is 0.0702. The monoisotopic (exact) mass is 301 g/mol. The van der Waals surface area contributed by atoms with Crippen LogP contribution in [0.15, 0.2) is 41.2 Å². The van der Waals surface area contributed by atoms with Crippen LogP contribution in [0.4, 0.5) is 0 Å². The SMILES string of the molecule is Nn1c(Cc2ccccc2)nc2cc(C(=O)O)sc2c1=O.